The van der Waals surface area contributed by atoms with E-state index < -0.39 is 12.0 Å². The monoisotopic (exact) mass is 301 g/mol. The quantitative estimate of drug-likeness (QED) is 0.774. The molecule has 2 N–H and O–H groups in total. The minimum atomic E-state index is -1.22. The van der Waals surface area contributed by atoms with Gasteiger partial charge in [-0.15, -0.1) is 0 Å². The smallest absolute Gasteiger partial charge is 0.315 e. The Morgan fingerprint density at radius 1 is 1.20 bits per heavy atom. The number of urea groups is 1. The van der Waals surface area contributed by atoms with E-state index in [9.17, 15) is 14.7 Å². The first kappa shape index (κ1) is 17.1. The van der Waals surface area contributed by atoms with E-state index in [0.717, 1.165) is 25.7 Å². The van der Waals surface area contributed by atoms with E-state index >= 15 is 0 Å². The second-order valence-electron chi connectivity index (χ2n) is 5.31. The Labute approximate surface area is 125 Å². The van der Waals surface area contributed by atoms with E-state index in [0.29, 0.717) is 12.2 Å². The molecule has 1 aliphatic rings. The van der Waals surface area contributed by atoms with E-state index in [1.165, 1.54) is 19.3 Å². The fraction of sp³-hybridized carbons (Fsp3) is 0.857. The van der Waals surface area contributed by atoms with Crippen LogP contribution in [0.3, 0.4) is 0 Å². The maximum atomic E-state index is 11.9. The van der Waals surface area contributed by atoms with Gasteiger partial charge in [0.05, 0.1) is 12.0 Å². The van der Waals surface area contributed by atoms with Gasteiger partial charge in [-0.1, -0.05) is 32.1 Å². The highest BCUT2D eigenvalue weighted by Crippen LogP contribution is 2.17. The van der Waals surface area contributed by atoms with Crippen molar-refractivity contribution in [2.75, 3.05) is 12.0 Å². The summed E-state index contributed by atoms with van der Waals surface area (Å²) in [5.74, 6) is -0.533. The molecule has 0 radical (unpaired) electrons. The SMILES string of the molecule is CSCC[C@@H](NC(=O)NC1CCCCCCC1)C(=O)[O-]. The minimum Gasteiger partial charge on any atom is -0.548 e. The number of aliphatic carboxylic acids is 1. The molecule has 0 spiro atoms. The molecular formula is C14H25N2O3S-. The van der Waals surface area contributed by atoms with Crippen molar-refractivity contribution in [3.05, 3.63) is 0 Å². The van der Waals surface area contributed by atoms with Gasteiger partial charge in [0.15, 0.2) is 0 Å². The molecule has 0 bridgehead atoms. The highest BCUT2D eigenvalue weighted by atomic mass is 32.2. The number of rotatable bonds is 6. The molecule has 1 saturated carbocycles. The second-order valence-corrected chi connectivity index (χ2v) is 6.30. The number of carboxylic acid groups (broad SMARTS) is 1. The lowest BCUT2D eigenvalue weighted by molar-refractivity contribution is -0.308. The number of amides is 2. The second kappa shape index (κ2) is 9.91. The molecule has 0 unspecified atom stereocenters. The number of carbonyl (C=O) groups excluding carboxylic acids is 2. The van der Waals surface area contributed by atoms with Crippen LogP contribution >= 0.6 is 11.8 Å². The predicted octanol–water partition coefficient (Wildman–Crippen LogP) is 1.27. The Balaban J connectivity index is 2.37. The van der Waals surface area contributed by atoms with Crippen molar-refractivity contribution in [2.24, 2.45) is 0 Å². The molecule has 0 aromatic rings. The Morgan fingerprint density at radius 2 is 1.80 bits per heavy atom. The van der Waals surface area contributed by atoms with E-state index in [2.05, 4.69) is 10.6 Å². The van der Waals surface area contributed by atoms with Gasteiger partial charge in [0, 0.05) is 6.04 Å². The summed E-state index contributed by atoms with van der Waals surface area (Å²) in [6.07, 6.45) is 10.2. The van der Waals surface area contributed by atoms with E-state index in [1.807, 2.05) is 6.26 Å². The lowest BCUT2D eigenvalue weighted by atomic mass is 9.97. The third-order valence-corrected chi connectivity index (χ3v) is 4.28. The van der Waals surface area contributed by atoms with E-state index in [1.54, 1.807) is 11.8 Å². The average Bonchev–Trinajstić information content (AvgIpc) is 2.37. The van der Waals surface area contributed by atoms with Crippen molar-refractivity contribution >= 4 is 23.8 Å². The zero-order valence-corrected chi connectivity index (χ0v) is 13.0. The molecule has 1 atom stereocenters. The van der Waals surface area contributed by atoms with Gasteiger partial charge in [-0.2, -0.15) is 11.8 Å². The summed E-state index contributed by atoms with van der Waals surface area (Å²) in [6.45, 7) is 0. The van der Waals surface area contributed by atoms with Crippen LogP contribution in [0.2, 0.25) is 0 Å². The van der Waals surface area contributed by atoms with Crippen LogP contribution in [0.4, 0.5) is 4.79 Å². The van der Waals surface area contributed by atoms with Crippen LogP contribution in [0.25, 0.3) is 0 Å². The van der Waals surface area contributed by atoms with Crippen molar-refractivity contribution in [1.82, 2.24) is 10.6 Å². The van der Waals surface area contributed by atoms with Crippen LogP contribution in [0.15, 0.2) is 0 Å². The first-order chi connectivity index (χ1) is 9.63. The van der Waals surface area contributed by atoms with Gasteiger partial charge < -0.3 is 20.5 Å². The van der Waals surface area contributed by atoms with Gasteiger partial charge in [0.25, 0.3) is 0 Å². The summed E-state index contributed by atoms with van der Waals surface area (Å²) in [4.78, 5) is 22.8. The Hall–Kier alpha value is -0.910. The van der Waals surface area contributed by atoms with Crippen molar-refractivity contribution < 1.29 is 14.7 Å². The van der Waals surface area contributed by atoms with Crippen LogP contribution in [0.5, 0.6) is 0 Å². The van der Waals surface area contributed by atoms with Crippen LogP contribution < -0.4 is 15.7 Å². The number of hydrogen-bond donors (Lipinski definition) is 2. The molecule has 0 aliphatic heterocycles. The van der Waals surface area contributed by atoms with Crippen LogP contribution in [-0.4, -0.2) is 36.1 Å². The molecule has 116 valence electrons. The normalized spacial score (nSPS) is 18.6. The first-order valence-electron chi connectivity index (χ1n) is 7.40. The van der Waals surface area contributed by atoms with Gasteiger partial charge in [0.2, 0.25) is 0 Å². The maximum absolute atomic E-state index is 11.9. The summed E-state index contributed by atoms with van der Waals surface area (Å²) in [7, 11) is 0. The molecule has 0 saturated heterocycles. The molecule has 1 fully saturated rings. The van der Waals surface area contributed by atoms with Crippen LogP contribution in [0, 0.1) is 0 Å². The van der Waals surface area contributed by atoms with Crippen molar-refractivity contribution in [1.29, 1.82) is 0 Å². The van der Waals surface area contributed by atoms with Crippen LogP contribution in [-0.2, 0) is 4.79 Å². The number of carboxylic acids is 1. The fourth-order valence-corrected chi connectivity index (χ4v) is 2.94. The first-order valence-corrected chi connectivity index (χ1v) is 8.79. The molecular weight excluding hydrogens is 276 g/mol. The zero-order valence-electron chi connectivity index (χ0n) is 12.2. The molecule has 1 rings (SSSR count). The number of hydrogen-bond acceptors (Lipinski definition) is 4. The Kier molecular flexibility index (Phi) is 8.49. The largest absolute Gasteiger partial charge is 0.548 e. The third kappa shape index (κ3) is 7.03. The Morgan fingerprint density at radius 3 is 2.35 bits per heavy atom. The third-order valence-electron chi connectivity index (χ3n) is 3.64. The summed E-state index contributed by atoms with van der Waals surface area (Å²) >= 11 is 1.55. The number of thioether (sulfide) groups is 1. The number of carbonyl (C=O) groups is 2. The van der Waals surface area contributed by atoms with Crippen LogP contribution in [0.1, 0.15) is 51.4 Å². The fourth-order valence-electron chi connectivity index (χ4n) is 2.47. The standard InChI is InChI=1S/C14H26N2O3S/c1-20-10-9-12(13(17)18)16-14(19)15-11-7-5-3-2-4-6-8-11/h11-12H,2-10H2,1H3,(H,17,18)(H2,15,16,19)/p-1/t12-/m1/s1. The molecule has 1 aliphatic carbocycles. The highest BCUT2D eigenvalue weighted by molar-refractivity contribution is 7.98. The lowest BCUT2D eigenvalue weighted by Crippen LogP contribution is -2.53. The van der Waals surface area contributed by atoms with E-state index in [-0.39, 0.29) is 12.1 Å². The summed E-state index contributed by atoms with van der Waals surface area (Å²) in [5.41, 5.74) is 0. The molecule has 20 heavy (non-hydrogen) atoms. The van der Waals surface area contributed by atoms with Gasteiger partial charge in [-0.3, -0.25) is 0 Å². The lowest BCUT2D eigenvalue weighted by Gasteiger charge is -2.24. The summed E-state index contributed by atoms with van der Waals surface area (Å²) in [6, 6.07) is -1.12. The van der Waals surface area contributed by atoms with Crippen molar-refractivity contribution in [2.45, 2.75) is 63.5 Å². The molecule has 6 heteroatoms. The van der Waals surface area contributed by atoms with Gasteiger partial charge in [-0.25, -0.2) is 4.79 Å². The minimum absolute atomic E-state index is 0.165. The topological polar surface area (TPSA) is 81.3 Å². The molecule has 5 nitrogen and oxygen atoms in total. The zero-order chi connectivity index (χ0) is 14.8. The Bertz CT molecular complexity index is 305. The molecule has 0 aromatic carbocycles. The molecule has 0 aromatic heterocycles. The van der Waals surface area contributed by atoms with E-state index in [4.69, 9.17) is 0 Å². The summed E-state index contributed by atoms with van der Waals surface area (Å²) < 4.78 is 0. The number of nitrogens with one attached hydrogen (secondary N) is 2. The maximum Gasteiger partial charge on any atom is 0.315 e. The van der Waals surface area contributed by atoms with Gasteiger partial charge in [-0.05, 0) is 31.3 Å². The van der Waals surface area contributed by atoms with Crippen molar-refractivity contribution in [3.8, 4) is 0 Å². The molecule has 2 amide bonds. The van der Waals surface area contributed by atoms with Crippen molar-refractivity contribution in [3.63, 3.8) is 0 Å². The molecule has 0 heterocycles. The van der Waals surface area contributed by atoms with Gasteiger partial charge in [0.1, 0.15) is 0 Å². The predicted molar refractivity (Wildman–Crippen MR) is 79.6 cm³/mol. The van der Waals surface area contributed by atoms with Gasteiger partial charge >= 0.3 is 6.03 Å². The summed E-state index contributed by atoms with van der Waals surface area (Å²) in [5, 5.41) is 16.4. The highest BCUT2D eigenvalue weighted by Gasteiger charge is 2.17. The average molecular weight is 301 g/mol.